The van der Waals surface area contributed by atoms with Crippen molar-refractivity contribution in [3.8, 4) is 0 Å². The number of hydrogen-bond acceptors (Lipinski definition) is 2. The van der Waals surface area contributed by atoms with Crippen LogP contribution in [0.25, 0.3) is 0 Å². The average Bonchev–Trinajstić information content (AvgIpc) is 2.91. The third-order valence-electron chi connectivity index (χ3n) is 2.53. The van der Waals surface area contributed by atoms with E-state index in [1.807, 2.05) is 18.2 Å². The molecule has 2 aromatic rings. The van der Waals surface area contributed by atoms with Gasteiger partial charge in [-0.1, -0.05) is 28.1 Å². The second-order valence-corrected chi connectivity index (χ2v) is 4.71. The summed E-state index contributed by atoms with van der Waals surface area (Å²) in [6.07, 6.45) is 3.64. The monoisotopic (exact) mass is 307 g/mol. The van der Waals surface area contributed by atoms with Gasteiger partial charge in [0.2, 0.25) is 0 Å². The Hall–Kier alpha value is -1.62. The molecular weight excluding hydrogens is 294 g/mol. The molecule has 0 aliphatic carbocycles. The van der Waals surface area contributed by atoms with Gasteiger partial charge in [-0.05, 0) is 36.6 Å². The van der Waals surface area contributed by atoms with E-state index in [1.165, 1.54) is 5.56 Å². The number of amides is 1. The molecule has 4 nitrogen and oxygen atoms in total. The van der Waals surface area contributed by atoms with Crippen LogP contribution >= 0.6 is 15.9 Å². The molecule has 2 N–H and O–H groups in total. The number of H-pyrrole nitrogens is 1. The van der Waals surface area contributed by atoms with E-state index in [0.29, 0.717) is 5.69 Å². The Balaban J connectivity index is 2.03. The van der Waals surface area contributed by atoms with E-state index in [1.54, 1.807) is 12.3 Å². The number of aryl methyl sites for hydroxylation is 1. The third-order valence-corrected chi connectivity index (χ3v) is 3.09. The minimum atomic E-state index is -0.176. The van der Waals surface area contributed by atoms with Crippen molar-refractivity contribution in [2.24, 2.45) is 0 Å². The predicted molar refractivity (Wildman–Crippen MR) is 75.1 cm³/mol. The number of benzene rings is 1. The Labute approximate surface area is 114 Å². The SMILES string of the molecule is O=C(Nc1cccc(CCCBr)c1)c1ccn[nH]1. The molecule has 2 rings (SSSR count). The summed E-state index contributed by atoms with van der Waals surface area (Å²) in [6.45, 7) is 0. The van der Waals surface area contributed by atoms with Crippen LogP contribution in [-0.2, 0) is 6.42 Å². The van der Waals surface area contributed by atoms with Crippen molar-refractivity contribution in [1.29, 1.82) is 0 Å². The summed E-state index contributed by atoms with van der Waals surface area (Å²) in [5.41, 5.74) is 2.49. The van der Waals surface area contributed by atoms with Gasteiger partial charge in [0, 0.05) is 17.2 Å². The minimum Gasteiger partial charge on any atom is -0.321 e. The number of halogens is 1. The van der Waals surface area contributed by atoms with E-state index in [2.05, 4.69) is 37.5 Å². The summed E-state index contributed by atoms with van der Waals surface area (Å²) < 4.78 is 0. The Morgan fingerprint density at radius 1 is 1.39 bits per heavy atom. The predicted octanol–water partition coefficient (Wildman–Crippen LogP) is 2.99. The van der Waals surface area contributed by atoms with Crippen molar-refractivity contribution in [2.45, 2.75) is 12.8 Å². The highest BCUT2D eigenvalue weighted by molar-refractivity contribution is 9.09. The van der Waals surface area contributed by atoms with Crippen molar-refractivity contribution in [2.75, 3.05) is 10.6 Å². The molecule has 18 heavy (non-hydrogen) atoms. The summed E-state index contributed by atoms with van der Waals surface area (Å²) in [6, 6.07) is 9.54. The topological polar surface area (TPSA) is 57.8 Å². The average molecular weight is 308 g/mol. The molecule has 1 amide bonds. The smallest absolute Gasteiger partial charge is 0.273 e. The first-order valence-corrected chi connectivity index (χ1v) is 6.87. The molecule has 1 aromatic carbocycles. The van der Waals surface area contributed by atoms with Gasteiger partial charge in [-0.2, -0.15) is 5.10 Å². The lowest BCUT2D eigenvalue weighted by Gasteiger charge is -2.06. The standard InChI is InChI=1S/C13H14BrN3O/c14-7-2-4-10-3-1-5-11(9-10)16-13(18)12-6-8-15-17-12/h1,3,5-6,8-9H,2,4,7H2,(H,15,17)(H,16,18). The van der Waals surface area contributed by atoms with Gasteiger partial charge in [0.1, 0.15) is 5.69 Å². The second-order valence-electron chi connectivity index (χ2n) is 3.92. The number of aromatic amines is 1. The van der Waals surface area contributed by atoms with Crippen molar-refractivity contribution in [3.05, 3.63) is 47.8 Å². The van der Waals surface area contributed by atoms with Gasteiger partial charge in [0.15, 0.2) is 0 Å². The number of alkyl halides is 1. The van der Waals surface area contributed by atoms with E-state index >= 15 is 0 Å². The molecule has 0 aliphatic heterocycles. The maximum absolute atomic E-state index is 11.8. The van der Waals surface area contributed by atoms with E-state index in [0.717, 1.165) is 23.9 Å². The molecule has 1 heterocycles. The zero-order valence-electron chi connectivity index (χ0n) is 9.82. The Kier molecular flexibility index (Phi) is 4.52. The largest absolute Gasteiger partial charge is 0.321 e. The van der Waals surface area contributed by atoms with Gasteiger partial charge in [-0.3, -0.25) is 9.89 Å². The second kappa shape index (κ2) is 6.35. The summed E-state index contributed by atoms with van der Waals surface area (Å²) >= 11 is 3.41. The molecule has 0 radical (unpaired) electrons. The highest BCUT2D eigenvalue weighted by atomic mass is 79.9. The normalized spacial score (nSPS) is 10.3. The van der Waals surface area contributed by atoms with Crippen molar-refractivity contribution in [3.63, 3.8) is 0 Å². The van der Waals surface area contributed by atoms with Crippen LogP contribution in [0.15, 0.2) is 36.5 Å². The van der Waals surface area contributed by atoms with Gasteiger partial charge in [-0.15, -0.1) is 0 Å². The number of nitrogens with one attached hydrogen (secondary N) is 2. The number of rotatable bonds is 5. The lowest BCUT2D eigenvalue weighted by molar-refractivity contribution is 0.102. The highest BCUT2D eigenvalue weighted by Gasteiger charge is 2.06. The molecule has 0 fully saturated rings. The van der Waals surface area contributed by atoms with E-state index in [4.69, 9.17) is 0 Å². The summed E-state index contributed by atoms with van der Waals surface area (Å²) in [5.74, 6) is -0.176. The third kappa shape index (κ3) is 3.43. The zero-order chi connectivity index (χ0) is 12.8. The maximum Gasteiger partial charge on any atom is 0.273 e. The first-order valence-electron chi connectivity index (χ1n) is 5.75. The number of carbonyl (C=O) groups excluding carboxylic acids is 1. The van der Waals surface area contributed by atoms with Gasteiger partial charge < -0.3 is 5.32 Å². The van der Waals surface area contributed by atoms with E-state index < -0.39 is 0 Å². The van der Waals surface area contributed by atoms with Gasteiger partial charge in [-0.25, -0.2) is 0 Å². The van der Waals surface area contributed by atoms with Crippen LogP contribution in [0.1, 0.15) is 22.5 Å². The first kappa shape index (κ1) is 12.8. The molecule has 0 atom stereocenters. The molecule has 0 bridgehead atoms. The van der Waals surface area contributed by atoms with Crippen LogP contribution in [0.4, 0.5) is 5.69 Å². The van der Waals surface area contributed by atoms with Crippen LogP contribution in [0.5, 0.6) is 0 Å². The molecule has 94 valence electrons. The molecule has 5 heteroatoms. The molecular formula is C13H14BrN3O. The van der Waals surface area contributed by atoms with Gasteiger partial charge >= 0.3 is 0 Å². The van der Waals surface area contributed by atoms with Crippen LogP contribution in [-0.4, -0.2) is 21.4 Å². The highest BCUT2D eigenvalue weighted by Crippen LogP contribution is 2.13. The lowest BCUT2D eigenvalue weighted by atomic mass is 10.1. The van der Waals surface area contributed by atoms with Gasteiger partial charge in [0.25, 0.3) is 5.91 Å². The minimum absolute atomic E-state index is 0.176. The molecule has 0 unspecified atom stereocenters. The van der Waals surface area contributed by atoms with Crippen LogP contribution < -0.4 is 5.32 Å². The maximum atomic E-state index is 11.8. The zero-order valence-corrected chi connectivity index (χ0v) is 11.4. The molecule has 0 saturated heterocycles. The molecule has 0 aliphatic rings. The molecule has 0 saturated carbocycles. The summed E-state index contributed by atoms with van der Waals surface area (Å²) in [4.78, 5) is 11.8. The van der Waals surface area contributed by atoms with E-state index in [-0.39, 0.29) is 5.91 Å². The Morgan fingerprint density at radius 3 is 3.00 bits per heavy atom. The fourth-order valence-electron chi connectivity index (χ4n) is 1.66. The summed E-state index contributed by atoms with van der Waals surface area (Å²) in [7, 11) is 0. The number of nitrogens with zero attached hydrogens (tertiary/aromatic N) is 1. The number of hydrogen-bond donors (Lipinski definition) is 2. The summed E-state index contributed by atoms with van der Waals surface area (Å²) in [5, 5.41) is 10.2. The lowest BCUT2D eigenvalue weighted by Crippen LogP contribution is -2.12. The van der Waals surface area contributed by atoms with E-state index in [9.17, 15) is 4.79 Å². The Morgan fingerprint density at radius 2 is 2.28 bits per heavy atom. The number of carbonyl (C=O) groups is 1. The first-order chi connectivity index (χ1) is 8.79. The number of anilines is 1. The van der Waals surface area contributed by atoms with Crippen molar-refractivity contribution in [1.82, 2.24) is 10.2 Å². The van der Waals surface area contributed by atoms with Crippen molar-refractivity contribution >= 4 is 27.5 Å². The van der Waals surface area contributed by atoms with Crippen LogP contribution in [0.2, 0.25) is 0 Å². The molecule has 1 aromatic heterocycles. The Bertz CT molecular complexity index is 511. The van der Waals surface area contributed by atoms with Crippen LogP contribution in [0.3, 0.4) is 0 Å². The molecule has 0 spiro atoms. The fourth-order valence-corrected chi connectivity index (χ4v) is 1.94. The van der Waals surface area contributed by atoms with Crippen LogP contribution in [0, 0.1) is 0 Å². The quantitative estimate of drug-likeness (QED) is 0.834. The number of aromatic nitrogens is 2. The van der Waals surface area contributed by atoms with Gasteiger partial charge in [0.05, 0.1) is 0 Å². The fraction of sp³-hybridized carbons (Fsp3) is 0.231. The van der Waals surface area contributed by atoms with Crippen molar-refractivity contribution < 1.29 is 4.79 Å².